The summed E-state index contributed by atoms with van der Waals surface area (Å²) in [5.41, 5.74) is -0.860. The summed E-state index contributed by atoms with van der Waals surface area (Å²) in [5.74, 6) is 7.37. The first-order valence-electron chi connectivity index (χ1n) is 7.12. The highest BCUT2D eigenvalue weighted by Crippen LogP contribution is 2.16. The van der Waals surface area contributed by atoms with Crippen LogP contribution in [0.15, 0.2) is 0 Å². The summed E-state index contributed by atoms with van der Waals surface area (Å²) < 4.78 is 0. The molecule has 106 valence electrons. The van der Waals surface area contributed by atoms with E-state index in [9.17, 15) is 5.11 Å². The third-order valence-corrected chi connectivity index (χ3v) is 3.20. The molecule has 0 saturated heterocycles. The Labute approximate surface area is 113 Å². The minimum Gasteiger partial charge on any atom is -0.396 e. The van der Waals surface area contributed by atoms with Crippen molar-refractivity contribution in [3.63, 3.8) is 0 Å². The Bertz CT molecular complexity index is 271. The standard InChI is InChI=1S/C16H30O2/c1-13(2)8-10-16(5,18)11-9-14(3)6-7-15(4)12-17/h13-15,17-18H,6-8,10,12H2,1-5H3. The third-order valence-electron chi connectivity index (χ3n) is 3.20. The molecule has 18 heavy (non-hydrogen) atoms. The molecule has 2 heteroatoms. The molecule has 0 aliphatic rings. The van der Waals surface area contributed by atoms with Crippen molar-refractivity contribution in [3.05, 3.63) is 0 Å². The maximum atomic E-state index is 10.1. The summed E-state index contributed by atoms with van der Waals surface area (Å²) in [6.45, 7) is 10.5. The average Bonchev–Trinajstić information content (AvgIpc) is 2.31. The summed E-state index contributed by atoms with van der Waals surface area (Å²) in [4.78, 5) is 0. The van der Waals surface area contributed by atoms with Crippen LogP contribution in [-0.4, -0.2) is 22.4 Å². The van der Waals surface area contributed by atoms with Gasteiger partial charge in [-0.3, -0.25) is 0 Å². The van der Waals surface area contributed by atoms with Crippen LogP contribution >= 0.6 is 0 Å². The van der Waals surface area contributed by atoms with E-state index in [1.807, 2.05) is 6.92 Å². The minimum atomic E-state index is -0.860. The van der Waals surface area contributed by atoms with Gasteiger partial charge in [-0.1, -0.05) is 39.5 Å². The zero-order valence-electron chi connectivity index (χ0n) is 12.7. The second-order valence-electron chi connectivity index (χ2n) is 6.24. The normalized spacial score (nSPS) is 17.8. The number of rotatable bonds is 7. The van der Waals surface area contributed by atoms with Gasteiger partial charge in [0.05, 0.1) is 0 Å². The molecule has 0 aromatic heterocycles. The second-order valence-corrected chi connectivity index (χ2v) is 6.24. The van der Waals surface area contributed by atoms with E-state index in [1.54, 1.807) is 6.92 Å². The van der Waals surface area contributed by atoms with Gasteiger partial charge in [0.15, 0.2) is 0 Å². The van der Waals surface area contributed by atoms with Crippen molar-refractivity contribution in [3.8, 4) is 11.8 Å². The van der Waals surface area contributed by atoms with Crippen molar-refractivity contribution in [2.24, 2.45) is 17.8 Å². The predicted octanol–water partition coefficient (Wildman–Crippen LogP) is 3.22. The van der Waals surface area contributed by atoms with Crippen LogP contribution in [0.5, 0.6) is 0 Å². The summed E-state index contributed by atoms with van der Waals surface area (Å²) in [7, 11) is 0. The van der Waals surface area contributed by atoms with Gasteiger partial charge in [0.25, 0.3) is 0 Å². The first kappa shape index (κ1) is 17.5. The van der Waals surface area contributed by atoms with Gasteiger partial charge in [0.1, 0.15) is 5.60 Å². The summed E-state index contributed by atoms with van der Waals surface area (Å²) in [5, 5.41) is 19.1. The Hall–Kier alpha value is -0.520. The predicted molar refractivity (Wildman–Crippen MR) is 77.1 cm³/mol. The smallest absolute Gasteiger partial charge is 0.122 e. The number of aliphatic hydroxyl groups is 2. The third kappa shape index (κ3) is 9.50. The zero-order valence-corrected chi connectivity index (χ0v) is 12.7. The van der Waals surface area contributed by atoms with E-state index < -0.39 is 5.60 Å². The molecular formula is C16H30O2. The largest absolute Gasteiger partial charge is 0.396 e. The SMILES string of the molecule is CC(C)CCC(C)(O)C#CC(C)CCC(C)CO. The molecule has 3 unspecified atom stereocenters. The molecule has 0 amide bonds. The molecule has 0 saturated carbocycles. The highest BCUT2D eigenvalue weighted by atomic mass is 16.3. The summed E-state index contributed by atoms with van der Waals surface area (Å²) in [6, 6.07) is 0. The van der Waals surface area contributed by atoms with Crippen LogP contribution in [0.2, 0.25) is 0 Å². The van der Waals surface area contributed by atoms with Crippen molar-refractivity contribution in [1.82, 2.24) is 0 Å². The van der Waals surface area contributed by atoms with Crippen molar-refractivity contribution in [1.29, 1.82) is 0 Å². The van der Waals surface area contributed by atoms with Crippen LogP contribution in [0.1, 0.15) is 60.3 Å². The Morgan fingerprint density at radius 2 is 1.67 bits per heavy atom. The second kappa shape index (κ2) is 8.56. The van der Waals surface area contributed by atoms with E-state index in [0.717, 1.165) is 25.7 Å². The van der Waals surface area contributed by atoms with Crippen molar-refractivity contribution >= 4 is 0 Å². The molecule has 0 aromatic rings. The van der Waals surface area contributed by atoms with Crippen molar-refractivity contribution in [2.75, 3.05) is 6.61 Å². The zero-order chi connectivity index (χ0) is 14.2. The van der Waals surface area contributed by atoms with Gasteiger partial charge in [-0.05, 0) is 44.4 Å². The number of aliphatic hydroxyl groups excluding tert-OH is 1. The lowest BCUT2D eigenvalue weighted by molar-refractivity contribution is 0.105. The molecule has 0 fully saturated rings. The highest BCUT2D eigenvalue weighted by Gasteiger charge is 2.17. The molecule has 0 rings (SSSR count). The molecule has 0 aliphatic carbocycles. The Balaban J connectivity index is 4.11. The molecule has 2 N–H and O–H groups in total. The maximum Gasteiger partial charge on any atom is 0.122 e. The summed E-state index contributed by atoms with van der Waals surface area (Å²) >= 11 is 0. The van der Waals surface area contributed by atoms with Gasteiger partial charge in [0, 0.05) is 12.5 Å². The Morgan fingerprint density at radius 1 is 1.06 bits per heavy atom. The van der Waals surface area contributed by atoms with Gasteiger partial charge < -0.3 is 10.2 Å². The van der Waals surface area contributed by atoms with Gasteiger partial charge in [-0.2, -0.15) is 0 Å². The van der Waals surface area contributed by atoms with Crippen molar-refractivity contribution in [2.45, 2.75) is 65.9 Å². The Morgan fingerprint density at radius 3 is 2.17 bits per heavy atom. The quantitative estimate of drug-likeness (QED) is 0.685. The number of hydrogen-bond acceptors (Lipinski definition) is 2. The van der Waals surface area contributed by atoms with E-state index in [0.29, 0.717) is 11.8 Å². The fraction of sp³-hybridized carbons (Fsp3) is 0.875. The van der Waals surface area contributed by atoms with Gasteiger partial charge in [-0.25, -0.2) is 0 Å². The van der Waals surface area contributed by atoms with Crippen LogP contribution in [0.4, 0.5) is 0 Å². The minimum absolute atomic E-state index is 0.242. The fourth-order valence-corrected chi connectivity index (χ4v) is 1.61. The first-order valence-corrected chi connectivity index (χ1v) is 7.12. The lowest BCUT2D eigenvalue weighted by atomic mass is 9.94. The van der Waals surface area contributed by atoms with E-state index in [2.05, 4.69) is 32.6 Å². The van der Waals surface area contributed by atoms with Crippen LogP contribution in [0.25, 0.3) is 0 Å². The molecule has 3 atom stereocenters. The average molecular weight is 254 g/mol. The van der Waals surface area contributed by atoms with Gasteiger partial charge in [0.2, 0.25) is 0 Å². The van der Waals surface area contributed by atoms with Gasteiger partial charge >= 0.3 is 0 Å². The monoisotopic (exact) mass is 254 g/mol. The molecular weight excluding hydrogens is 224 g/mol. The number of hydrogen-bond donors (Lipinski definition) is 2. The fourth-order valence-electron chi connectivity index (χ4n) is 1.61. The van der Waals surface area contributed by atoms with Crippen LogP contribution in [0, 0.1) is 29.6 Å². The topological polar surface area (TPSA) is 40.5 Å². The molecule has 2 nitrogen and oxygen atoms in total. The van der Waals surface area contributed by atoms with Crippen LogP contribution in [0.3, 0.4) is 0 Å². The van der Waals surface area contributed by atoms with E-state index in [1.165, 1.54) is 0 Å². The molecule has 0 heterocycles. The van der Waals surface area contributed by atoms with E-state index >= 15 is 0 Å². The molecule has 0 aromatic carbocycles. The van der Waals surface area contributed by atoms with E-state index in [4.69, 9.17) is 5.11 Å². The highest BCUT2D eigenvalue weighted by molar-refractivity contribution is 5.13. The van der Waals surface area contributed by atoms with Gasteiger partial charge in [-0.15, -0.1) is 0 Å². The Kier molecular flexibility index (Phi) is 8.31. The molecule has 0 spiro atoms. The summed E-state index contributed by atoms with van der Waals surface area (Å²) in [6.07, 6.45) is 3.70. The lowest BCUT2D eigenvalue weighted by Crippen LogP contribution is -2.22. The van der Waals surface area contributed by atoms with E-state index in [-0.39, 0.29) is 12.5 Å². The molecule has 0 bridgehead atoms. The lowest BCUT2D eigenvalue weighted by Gasteiger charge is -2.18. The van der Waals surface area contributed by atoms with Crippen LogP contribution < -0.4 is 0 Å². The first-order chi connectivity index (χ1) is 8.26. The van der Waals surface area contributed by atoms with Crippen molar-refractivity contribution < 1.29 is 10.2 Å². The van der Waals surface area contributed by atoms with Crippen LogP contribution in [-0.2, 0) is 0 Å². The maximum absolute atomic E-state index is 10.1. The molecule has 0 aliphatic heterocycles. The molecule has 0 radical (unpaired) electrons.